The Morgan fingerprint density at radius 3 is 2.52 bits per heavy atom. The first-order valence-electron chi connectivity index (χ1n) is 9.65. The van der Waals surface area contributed by atoms with Crippen LogP contribution >= 0.6 is 11.8 Å². The highest BCUT2D eigenvalue weighted by molar-refractivity contribution is 7.98. The Hall–Kier alpha value is -0.950. The molecule has 2 aliphatic rings. The number of nitrogens with one attached hydrogen (secondary N) is 1. The summed E-state index contributed by atoms with van der Waals surface area (Å²) in [4.78, 5) is 21.7. The molecule has 2 rings (SSSR count). The van der Waals surface area contributed by atoms with Gasteiger partial charge in [-0.05, 0) is 44.6 Å². The molecule has 0 bridgehead atoms. The number of hydrogen-bond acceptors (Lipinski definition) is 4. The first kappa shape index (κ1) is 20.4. The maximum absolute atomic E-state index is 12.6. The summed E-state index contributed by atoms with van der Waals surface area (Å²) in [7, 11) is 0. The molecule has 25 heavy (non-hydrogen) atoms. The molecule has 0 unspecified atom stereocenters. The molecule has 0 aromatic heterocycles. The molecule has 1 N–H and O–H groups in total. The Bertz CT molecular complexity index is 419. The highest BCUT2D eigenvalue weighted by atomic mass is 32.2. The number of thioether (sulfide) groups is 1. The van der Waals surface area contributed by atoms with E-state index in [0.717, 1.165) is 64.5 Å². The number of hydrogen-bond donors (Lipinski definition) is 1. The molecule has 1 amide bonds. The number of nitrogens with zero attached hydrogens (tertiary/aromatic N) is 3. The molecule has 0 aliphatic carbocycles. The van der Waals surface area contributed by atoms with Crippen LogP contribution in [-0.2, 0) is 9.53 Å². The zero-order valence-electron chi connectivity index (χ0n) is 15.8. The molecular weight excluding hydrogens is 336 g/mol. The van der Waals surface area contributed by atoms with Gasteiger partial charge in [0.05, 0.1) is 13.2 Å². The van der Waals surface area contributed by atoms with E-state index < -0.39 is 0 Å². The number of ether oxygens (including phenoxy) is 1. The van der Waals surface area contributed by atoms with E-state index in [2.05, 4.69) is 23.4 Å². The van der Waals surface area contributed by atoms with Crippen molar-refractivity contribution in [3.05, 3.63) is 0 Å². The van der Waals surface area contributed by atoms with Crippen molar-refractivity contribution in [3.63, 3.8) is 0 Å². The Morgan fingerprint density at radius 1 is 1.16 bits per heavy atom. The van der Waals surface area contributed by atoms with Crippen LogP contribution in [0, 0.1) is 5.92 Å². The summed E-state index contributed by atoms with van der Waals surface area (Å²) in [6, 6.07) is 0. The molecule has 0 saturated carbocycles. The van der Waals surface area contributed by atoms with Gasteiger partial charge in [0.2, 0.25) is 5.91 Å². The normalized spacial score (nSPS) is 20.0. The fraction of sp³-hybridized carbons (Fsp3) is 0.889. The minimum absolute atomic E-state index is 0.166. The lowest BCUT2D eigenvalue weighted by molar-refractivity contribution is -0.140. The van der Waals surface area contributed by atoms with Crippen LogP contribution in [0.5, 0.6) is 0 Å². The molecule has 0 aromatic rings. The summed E-state index contributed by atoms with van der Waals surface area (Å²) in [5, 5.41) is 3.41. The van der Waals surface area contributed by atoms with Crippen LogP contribution in [0.3, 0.4) is 0 Å². The van der Waals surface area contributed by atoms with Crippen LogP contribution in [0.4, 0.5) is 0 Å². The quantitative estimate of drug-likeness (QED) is 0.420. The maximum atomic E-state index is 12.6. The van der Waals surface area contributed by atoms with Crippen LogP contribution in [0.1, 0.15) is 32.6 Å². The third kappa shape index (κ3) is 6.70. The lowest BCUT2D eigenvalue weighted by Gasteiger charge is -2.36. The molecule has 0 aromatic carbocycles. The number of rotatable bonds is 7. The lowest BCUT2D eigenvalue weighted by atomic mass is 9.95. The van der Waals surface area contributed by atoms with E-state index in [-0.39, 0.29) is 5.92 Å². The van der Waals surface area contributed by atoms with Crippen LogP contribution in [0.2, 0.25) is 0 Å². The van der Waals surface area contributed by atoms with Gasteiger partial charge in [-0.1, -0.05) is 0 Å². The largest absolute Gasteiger partial charge is 0.378 e. The molecule has 2 fully saturated rings. The number of aliphatic imine (C=N–C) groups is 1. The number of unbranched alkanes of at least 4 members (excludes halogenated alkanes) is 1. The van der Waals surface area contributed by atoms with E-state index >= 15 is 0 Å². The molecule has 0 atom stereocenters. The molecule has 144 valence electrons. The van der Waals surface area contributed by atoms with Crippen molar-refractivity contribution in [2.45, 2.75) is 32.6 Å². The molecule has 2 saturated heterocycles. The third-order valence-corrected chi connectivity index (χ3v) is 5.52. The van der Waals surface area contributed by atoms with E-state index in [0.29, 0.717) is 19.1 Å². The van der Waals surface area contributed by atoms with E-state index in [1.165, 1.54) is 12.2 Å². The fourth-order valence-corrected chi connectivity index (χ4v) is 3.84. The Kier molecular flexibility index (Phi) is 9.47. The maximum Gasteiger partial charge on any atom is 0.225 e. The SMILES string of the molecule is CCNC(=NCCCCSC)N1CCC(C(=O)N2CCOCC2)CC1. The minimum atomic E-state index is 0.166. The van der Waals surface area contributed by atoms with Crippen LogP contribution in [0.25, 0.3) is 0 Å². The smallest absolute Gasteiger partial charge is 0.225 e. The second-order valence-electron chi connectivity index (χ2n) is 6.63. The van der Waals surface area contributed by atoms with Crippen molar-refractivity contribution in [2.24, 2.45) is 10.9 Å². The number of morpholine rings is 1. The van der Waals surface area contributed by atoms with Gasteiger partial charge in [0, 0.05) is 45.2 Å². The van der Waals surface area contributed by atoms with Crippen LogP contribution < -0.4 is 5.32 Å². The second-order valence-corrected chi connectivity index (χ2v) is 7.62. The molecular formula is C18H34N4O2S. The van der Waals surface area contributed by atoms with Gasteiger partial charge in [0.25, 0.3) is 0 Å². The van der Waals surface area contributed by atoms with Gasteiger partial charge >= 0.3 is 0 Å². The number of piperidine rings is 1. The Morgan fingerprint density at radius 2 is 1.88 bits per heavy atom. The highest BCUT2D eigenvalue weighted by Crippen LogP contribution is 2.20. The van der Waals surface area contributed by atoms with E-state index in [9.17, 15) is 4.79 Å². The Balaban J connectivity index is 1.79. The average Bonchev–Trinajstić information content (AvgIpc) is 2.67. The number of likely N-dealkylation sites (tertiary alicyclic amines) is 1. The molecule has 0 spiro atoms. The summed E-state index contributed by atoms with van der Waals surface area (Å²) in [6.07, 6.45) is 6.36. The standard InChI is InChI=1S/C18H34N4O2S/c1-3-19-18(20-8-4-5-15-25-2)22-9-6-16(7-10-22)17(23)21-11-13-24-14-12-21/h16H,3-15H2,1-2H3,(H,19,20). The predicted molar refractivity (Wildman–Crippen MR) is 105 cm³/mol. The van der Waals surface area contributed by atoms with Gasteiger partial charge in [-0.25, -0.2) is 0 Å². The molecule has 2 aliphatic heterocycles. The zero-order chi connectivity index (χ0) is 17.9. The van der Waals surface area contributed by atoms with Gasteiger partial charge in [-0.2, -0.15) is 11.8 Å². The van der Waals surface area contributed by atoms with Gasteiger partial charge < -0.3 is 19.9 Å². The third-order valence-electron chi connectivity index (χ3n) is 4.82. The highest BCUT2D eigenvalue weighted by Gasteiger charge is 2.30. The molecule has 0 radical (unpaired) electrons. The Labute approximate surface area is 156 Å². The molecule has 7 heteroatoms. The number of carbonyl (C=O) groups is 1. The molecule has 6 nitrogen and oxygen atoms in total. The monoisotopic (exact) mass is 370 g/mol. The van der Waals surface area contributed by atoms with Crippen molar-refractivity contribution < 1.29 is 9.53 Å². The predicted octanol–water partition coefficient (Wildman–Crippen LogP) is 1.67. The number of amides is 1. The van der Waals surface area contributed by atoms with Gasteiger partial charge in [-0.3, -0.25) is 9.79 Å². The number of carbonyl (C=O) groups excluding carboxylic acids is 1. The fourth-order valence-electron chi connectivity index (χ4n) is 3.35. The second kappa shape index (κ2) is 11.6. The van der Waals surface area contributed by atoms with Crippen molar-refractivity contribution >= 4 is 23.6 Å². The zero-order valence-corrected chi connectivity index (χ0v) is 16.7. The topological polar surface area (TPSA) is 57.2 Å². The van der Waals surface area contributed by atoms with E-state index in [4.69, 9.17) is 9.73 Å². The summed E-state index contributed by atoms with van der Waals surface area (Å²) in [6.45, 7) is 8.56. The summed E-state index contributed by atoms with van der Waals surface area (Å²) >= 11 is 1.90. The lowest BCUT2D eigenvalue weighted by Crippen LogP contribution is -2.50. The first-order chi connectivity index (χ1) is 12.3. The van der Waals surface area contributed by atoms with Crippen molar-refractivity contribution in [1.82, 2.24) is 15.1 Å². The summed E-state index contributed by atoms with van der Waals surface area (Å²) < 4.78 is 5.35. The molecule has 2 heterocycles. The van der Waals surface area contributed by atoms with Gasteiger partial charge in [0.1, 0.15) is 0 Å². The first-order valence-corrected chi connectivity index (χ1v) is 11.0. The van der Waals surface area contributed by atoms with E-state index in [1.54, 1.807) is 0 Å². The van der Waals surface area contributed by atoms with Crippen molar-refractivity contribution in [2.75, 3.05) is 64.5 Å². The van der Waals surface area contributed by atoms with E-state index in [1.807, 2.05) is 16.7 Å². The van der Waals surface area contributed by atoms with Gasteiger partial charge in [0.15, 0.2) is 5.96 Å². The average molecular weight is 371 g/mol. The minimum Gasteiger partial charge on any atom is -0.378 e. The summed E-state index contributed by atoms with van der Waals surface area (Å²) in [5.41, 5.74) is 0. The number of guanidine groups is 1. The van der Waals surface area contributed by atoms with Crippen molar-refractivity contribution in [1.29, 1.82) is 0 Å². The van der Waals surface area contributed by atoms with Gasteiger partial charge in [-0.15, -0.1) is 0 Å². The summed E-state index contributed by atoms with van der Waals surface area (Å²) in [5.74, 6) is 2.71. The van der Waals surface area contributed by atoms with Crippen molar-refractivity contribution in [3.8, 4) is 0 Å². The van der Waals surface area contributed by atoms with Crippen LogP contribution in [0.15, 0.2) is 4.99 Å². The van der Waals surface area contributed by atoms with Crippen LogP contribution in [-0.4, -0.2) is 86.2 Å².